The summed E-state index contributed by atoms with van der Waals surface area (Å²) in [6.07, 6.45) is 8.47. The standard InChI is InChI=1S/C12H21NO/c13-1-2-14-12-6-9-3-10(7-12)5-11(4-9)8-12/h9-11H,1-8,13H2. The Morgan fingerprint density at radius 1 is 1.00 bits per heavy atom. The Hall–Kier alpha value is -0.0800. The van der Waals surface area contributed by atoms with E-state index >= 15 is 0 Å². The van der Waals surface area contributed by atoms with Crippen molar-refractivity contribution < 1.29 is 4.74 Å². The lowest BCUT2D eigenvalue weighted by Gasteiger charge is -2.56. The van der Waals surface area contributed by atoms with Crippen molar-refractivity contribution in [2.45, 2.75) is 44.1 Å². The van der Waals surface area contributed by atoms with Crippen LogP contribution in [0.4, 0.5) is 0 Å². The fourth-order valence-electron chi connectivity index (χ4n) is 4.48. The van der Waals surface area contributed by atoms with Crippen LogP contribution in [0.2, 0.25) is 0 Å². The van der Waals surface area contributed by atoms with Crippen LogP contribution in [0, 0.1) is 17.8 Å². The summed E-state index contributed by atoms with van der Waals surface area (Å²) in [5.74, 6) is 2.96. The molecule has 2 heteroatoms. The van der Waals surface area contributed by atoms with Crippen molar-refractivity contribution in [1.82, 2.24) is 0 Å². The van der Waals surface area contributed by atoms with Crippen molar-refractivity contribution in [3.63, 3.8) is 0 Å². The molecule has 80 valence electrons. The van der Waals surface area contributed by atoms with E-state index in [2.05, 4.69) is 0 Å². The summed E-state index contributed by atoms with van der Waals surface area (Å²) in [5.41, 5.74) is 5.80. The van der Waals surface area contributed by atoms with Gasteiger partial charge in [0, 0.05) is 6.54 Å². The van der Waals surface area contributed by atoms with E-state index in [-0.39, 0.29) is 5.60 Å². The molecular weight excluding hydrogens is 174 g/mol. The van der Waals surface area contributed by atoms with Gasteiger partial charge in [-0.1, -0.05) is 0 Å². The second-order valence-electron chi connectivity index (χ2n) is 5.74. The van der Waals surface area contributed by atoms with Crippen molar-refractivity contribution in [1.29, 1.82) is 0 Å². The van der Waals surface area contributed by atoms with Crippen LogP contribution in [0.1, 0.15) is 38.5 Å². The van der Waals surface area contributed by atoms with Gasteiger partial charge in [-0.2, -0.15) is 0 Å². The lowest BCUT2D eigenvalue weighted by Crippen LogP contribution is -2.52. The van der Waals surface area contributed by atoms with Crippen LogP contribution in [0.25, 0.3) is 0 Å². The van der Waals surface area contributed by atoms with E-state index in [1.807, 2.05) is 0 Å². The first-order valence-corrected chi connectivity index (χ1v) is 6.14. The smallest absolute Gasteiger partial charge is 0.0691 e. The van der Waals surface area contributed by atoms with Gasteiger partial charge >= 0.3 is 0 Å². The maximum atomic E-state index is 6.07. The largest absolute Gasteiger partial charge is 0.374 e. The molecule has 0 radical (unpaired) electrons. The first-order chi connectivity index (χ1) is 6.80. The molecule has 0 amide bonds. The van der Waals surface area contributed by atoms with E-state index in [4.69, 9.17) is 10.5 Å². The summed E-state index contributed by atoms with van der Waals surface area (Å²) in [6, 6.07) is 0. The minimum Gasteiger partial charge on any atom is -0.374 e. The Bertz CT molecular complexity index is 191. The zero-order chi connectivity index (χ0) is 9.60. The molecule has 4 aliphatic rings. The van der Waals surface area contributed by atoms with Crippen molar-refractivity contribution in [2.24, 2.45) is 23.5 Å². The maximum Gasteiger partial charge on any atom is 0.0691 e. The fraction of sp³-hybridized carbons (Fsp3) is 1.00. The van der Waals surface area contributed by atoms with E-state index in [1.54, 1.807) is 0 Å². The monoisotopic (exact) mass is 195 g/mol. The molecule has 14 heavy (non-hydrogen) atoms. The number of nitrogens with two attached hydrogens (primary N) is 1. The minimum absolute atomic E-state index is 0.272. The molecule has 0 aromatic heterocycles. The molecule has 4 aliphatic carbocycles. The maximum absolute atomic E-state index is 6.07. The number of rotatable bonds is 3. The third-order valence-corrected chi connectivity index (χ3v) is 4.51. The average Bonchev–Trinajstić information content (AvgIpc) is 2.12. The van der Waals surface area contributed by atoms with Crippen molar-refractivity contribution in [3.05, 3.63) is 0 Å². The minimum atomic E-state index is 0.272. The summed E-state index contributed by atoms with van der Waals surface area (Å²) < 4.78 is 6.07. The van der Waals surface area contributed by atoms with Crippen molar-refractivity contribution >= 4 is 0 Å². The van der Waals surface area contributed by atoms with Gasteiger partial charge in [0.15, 0.2) is 0 Å². The van der Waals surface area contributed by atoms with E-state index < -0.39 is 0 Å². The highest BCUT2D eigenvalue weighted by Crippen LogP contribution is 2.56. The Morgan fingerprint density at radius 3 is 1.93 bits per heavy atom. The van der Waals surface area contributed by atoms with Gasteiger partial charge < -0.3 is 10.5 Å². The van der Waals surface area contributed by atoms with Crippen LogP contribution < -0.4 is 5.73 Å². The van der Waals surface area contributed by atoms with Gasteiger partial charge in [-0.15, -0.1) is 0 Å². The van der Waals surface area contributed by atoms with Gasteiger partial charge in [-0.05, 0) is 56.3 Å². The second kappa shape index (κ2) is 3.21. The molecule has 0 unspecified atom stereocenters. The topological polar surface area (TPSA) is 35.2 Å². The zero-order valence-electron chi connectivity index (χ0n) is 8.87. The number of hydrogen-bond acceptors (Lipinski definition) is 2. The van der Waals surface area contributed by atoms with Gasteiger partial charge in [0.1, 0.15) is 0 Å². The lowest BCUT2D eigenvalue weighted by atomic mass is 9.54. The molecule has 2 N–H and O–H groups in total. The summed E-state index contributed by atoms with van der Waals surface area (Å²) in [6.45, 7) is 1.45. The quantitative estimate of drug-likeness (QED) is 0.747. The predicted molar refractivity (Wildman–Crippen MR) is 55.9 cm³/mol. The Kier molecular flexibility index (Phi) is 2.10. The first-order valence-electron chi connectivity index (χ1n) is 6.14. The van der Waals surface area contributed by atoms with E-state index in [1.165, 1.54) is 38.5 Å². The molecule has 0 atom stereocenters. The fourth-order valence-corrected chi connectivity index (χ4v) is 4.48. The lowest BCUT2D eigenvalue weighted by molar-refractivity contribution is -0.160. The Labute approximate surface area is 86.2 Å². The molecule has 4 saturated carbocycles. The highest BCUT2D eigenvalue weighted by atomic mass is 16.5. The molecule has 0 saturated heterocycles. The molecule has 4 fully saturated rings. The van der Waals surface area contributed by atoms with Crippen LogP contribution in [0.15, 0.2) is 0 Å². The average molecular weight is 195 g/mol. The molecule has 0 aromatic carbocycles. The molecule has 0 heterocycles. The SMILES string of the molecule is NCCOC12CC3CC(CC(C3)C1)C2. The summed E-state index contributed by atoms with van der Waals surface area (Å²) in [7, 11) is 0. The first kappa shape index (κ1) is 9.17. The summed E-state index contributed by atoms with van der Waals surface area (Å²) in [4.78, 5) is 0. The van der Waals surface area contributed by atoms with Crippen LogP contribution in [0.3, 0.4) is 0 Å². The van der Waals surface area contributed by atoms with Gasteiger partial charge in [0.25, 0.3) is 0 Å². The van der Waals surface area contributed by atoms with Gasteiger partial charge in [0.2, 0.25) is 0 Å². The number of ether oxygens (including phenoxy) is 1. The van der Waals surface area contributed by atoms with Gasteiger partial charge in [-0.25, -0.2) is 0 Å². The molecule has 2 nitrogen and oxygen atoms in total. The Balaban J connectivity index is 1.74. The molecule has 4 bridgehead atoms. The van der Waals surface area contributed by atoms with Gasteiger partial charge in [0.05, 0.1) is 12.2 Å². The molecule has 0 spiro atoms. The second-order valence-corrected chi connectivity index (χ2v) is 5.74. The van der Waals surface area contributed by atoms with Crippen LogP contribution in [0.5, 0.6) is 0 Å². The van der Waals surface area contributed by atoms with Crippen molar-refractivity contribution in [2.75, 3.05) is 13.2 Å². The van der Waals surface area contributed by atoms with Crippen LogP contribution in [-0.2, 0) is 4.74 Å². The summed E-state index contributed by atoms with van der Waals surface area (Å²) >= 11 is 0. The van der Waals surface area contributed by atoms with Crippen LogP contribution in [-0.4, -0.2) is 18.8 Å². The van der Waals surface area contributed by atoms with E-state index in [0.29, 0.717) is 6.54 Å². The van der Waals surface area contributed by atoms with Crippen molar-refractivity contribution in [3.8, 4) is 0 Å². The third-order valence-electron chi connectivity index (χ3n) is 4.51. The normalized spacial score (nSPS) is 49.9. The molecule has 4 rings (SSSR count). The van der Waals surface area contributed by atoms with E-state index in [9.17, 15) is 0 Å². The van der Waals surface area contributed by atoms with Gasteiger partial charge in [-0.3, -0.25) is 0 Å². The molecular formula is C12H21NO. The molecule has 0 aliphatic heterocycles. The van der Waals surface area contributed by atoms with E-state index in [0.717, 1.165) is 24.4 Å². The summed E-state index contributed by atoms with van der Waals surface area (Å²) in [5, 5.41) is 0. The third kappa shape index (κ3) is 1.40. The zero-order valence-corrected chi connectivity index (χ0v) is 8.87. The highest BCUT2D eigenvalue weighted by molar-refractivity contribution is 5.03. The number of hydrogen-bond donors (Lipinski definition) is 1. The van der Waals surface area contributed by atoms with Crippen LogP contribution >= 0.6 is 0 Å². The molecule has 0 aromatic rings. The predicted octanol–water partition coefficient (Wildman–Crippen LogP) is 1.93. The highest BCUT2D eigenvalue weighted by Gasteiger charge is 2.51. The Morgan fingerprint density at radius 2 is 1.50 bits per heavy atom.